The molecule has 1 N–H and O–H groups in total. The summed E-state index contributed by atoms with van der Waals surface area (Å²) >= 11 is 0. The Morgan fingerprint density at radius 1 is 1.06 bits per heavy atom. The summed E-state index contributed by atoms with van der Waals surface area (Å²) in [7, 11) is 2.03. The first kappa shape index (κ1) is 12.5. The normalized spacial score (nSPS) is 42.6. The molecule has 0 aromatic carbocycles. The van der Waals surface area contributed by atoms with Crippen LogP contribution in [0.25, 0.3) is 0 Å². The summed E-state index contributed by atoms with van der Waals surface area (Å²) in [4.78, 5) is 13.6. The molecule has 4 bridgehead atoms. The molecule has 0 aromatic heterocycles. The van der Waals surface area contributed by atoms with Gasteiger partial charge in [0.1, 0.15) is 5.54 Å². The Balaban J connectivity index is 1.82. The topological polar surface area (TPSA) is 40.5 Å². The maximum atomic E-state index is 11.5. The number of aliphatic carboxylic acids is 1. The summed E-state index contributed by atoms with van der Waals surface area (Å²) in [6.07, 6.45) is 6.83. The molecule has 102 valence electrons. The van der Waals surface area contributed by atoms with E-state index in [4.69, 9.17) is 0 Å². The van der Waals surface area contributed by atoms with Gasteiger partial charge in [0.15, 0.2) is 0 Å². The van der Waals surface area contributed by atoms with Crippen molar-refractivity contribution in [1.82, 2.24) is 4.90 Å². The molecule has 0 radical (unpaired) electrons. The smallest absolute Gasteiger partial charge is 0.323 e. The number of rotatable bonds is 3. The van der Waals surface area contributed by atoms with Crippen molar-refractivity contribution in [3.63, 3.8) is 0 Å². The van der Waals surface area contributed by atoms with Crippen LogP contribution < -0.4 is 0 Å². The highest BCUT2D eigenvalue weighted by Gasteiger charge is 2.52. The average molecular weight is 251 g/mol. The third kappa shape index (κ3) is 1.70. The number of nitrogens with zero attached hydrogens (tertiary/aromatic N) is 1. The maximum Gasteiger partial charge on any atom is 0.323 e. The lowest BCUT2D eigenvalue weighted by atomic mass is 9.53. The Hall–Kier alpha value is -0.570. The first-order chi connectivity index (χ1) is 8.39. The first-order valence-corrected chi connectivity index (χ1v) is 7.36. The Morgan fingerprint density at radius 2 is 1.50 bits per heavy atom. The van der Waals surface area contributed by atoms with Crippen molar-refractivity contribution in [1.29, 1.82) is 0 Å². The van der Waals surface area contributed by atoms with Gasteiger partial charge in [-0.05, 0) is 76.7 Å². The Kier molecular flexibility index (Phi) is 2.74. The second-order valence-electron chi connectivity index (χ2n) is 7.40. The van der Waals surface area contributed by atoms with Crippen LogP contribution in [0, 0.1) is 23.7 Å². The van der Waals surface area contributed by atoms with Crippen molar-refractivity contribution in [3.05, 3.63) is 0 Å². The molecule has 4 rings (SSSR count). The lowest BCUT2D eigenvalue weighted by molar-refractivity contribution is -0.156. The van der Waals surface area contributed by atoms with Gasteiger partial charge in [-0.3, -0.25) is 9.69 Å². The Morgan fingerprint density at radius 3 is 1.89 bits per heavy atom. The number of carboxylic acid groups (broad SMARTS) is 1. The summed E-state index contributed by atoms with van der Waals surface area (Å²) in [5.41, 5.74) is -0.736. The molecule has 4 fully saturated rings. The Labute approximate surface area is 110 Å². The molecule has 3 nitrogen and oxygen atoms in total. The molecule has 0 saturated heterocycles. The zero-order valence-electron chi connectivity index (χ0n) is 11.7. The molecule has 0 amide bonds. The van der Waals surface area contributed by atoms with E-state index in [-0.39, 0.29) is 0 Å². The van der Waals surface area contributed by atoms with Crippen LogP contribution in [0.15, 0.2) is 0 Å². The fourth-order valence-corrected chi connectivity index (χ4v) is 5.05. The van der Waals surface area contributed by atoms with Crippen LogP contribution in [0.1, 0.15) is 46.0 Å². The van der Waals surface area contributed by atoms with E-state index in [2.05, 4.69) is 4.90 Å². The minimum Gasteiger partial charge on any atom is -0.480 e. The van der Waals surface area contributed by atoms with Gasteiger partial charge < -0.3 is 5.11 Å². The van der Waals surface area contributed by atoms with Gasteiger partial charge in [0.2, 0.25) is 0 Å². The maximum absolute atomic E-state index is 11.5. The third-order valence-corrected chi connectivity index (χ3v) is 6.03. The third-order valence-electron chi connectivity index (χ3n) is 6.03. The standard InChI is InChI=1S/C15H25NO2/c1-15(2,14(17)18)16(3)13-11-5-9-4-10(7-11)8-12(13)6-9/h9-13H,4-8H2,1-3H3,(H,17,18). The van der Waals surface area contributed by atoms with Crippen LogP contribution in [0.5, 0.6) is 0 Å². The molecule has 4 saturated carbocycles. The second kappa shape index (κ2) is 3.96. The molecule has 0 aliphatic heterocycles. The van der Waals surface area contributed by atoms with Crippen molar-refractivity contribution in [2.45, 2.75) is 57.5 Å². The molecule has 3 heteroatoms. The SMILES string of the molecule is CN(C1C2CC3CC(C2)CC1C3)C(C)(C)C(=O)O. The number of likely N-dealkylation sites (N-methyl/N-ethyl adjacent to an activating group) is 1. The van der Waals surface area contributed by atoms with Crippen LogP contribution in [-0.4, -0.2) is 34.6 Å². The van der Waals surface area contributed by atoms with Crippen molar-refractivity contribution >= 4 is 5.97 Å². The molecular weight excluding hydrogens is 226 g/mol. The van der Waals surface area contributed by atoms with E-state index in [0.717, 1.165) is 23.7 Å². The van der Waals surface area contributed by atoms with E-state index in [9.17, 15) is 9.90 Å². The van der Waals surface area contributed by atoms with Gasteiger partial charge in [0.05, 0.1) is 0 Å². The first-order valence-electron chi connectivity index (χ1n) is 7.36. The highest BCUT2D eigenvalue weighted by Crippen LogP contribution is 2.55. The molecule has 0 unspecified atom stereocenters. The van der Waals surface area contributed by atoms with E-state index >= 15 is 0 Å². The quantitative estimate of drug-likeness (QED) is 0.838. The zero-order chi connectivity index (χ0) is 13.1. The van der Waals surface area contributed by atoms with Crippen molar-refractivity contribution in [3.8, 4) is 0 Å². The summed E-state index contributed by atoms with van der Waals surface area (Å²) in [6, 6.07) is 0.504. The van der Waals surface area contributed by atoms with Crippen LogP contribution in [0.3, 0.4) is 0 Å². The zero-order valence-corrected chi connectivity index (χ0v) is 11.7. The number of hydrogen-bond acceptors (Lipinski definition) is 2. The van der Waals surface area contributed by atoms with Crippen molar-refractivity contribution < 1.29 is 9.90 Å². The van der Waals surface area contributed by atoms with Gasteiger partial charge in [-0.25, -0.2) is 0 Å². The van der Waals surface area contributed by atoms with E-state index in [1.54, 1.807) is 0 Å². The number of hydrogen-bond donors (Lipinski definition) is 1. The fraction of sp³-hybridized carbons (Fsp3) is 0.933. The average Bonchev–Trinajstić information content (AvgIpc) is 2.26. The summed E-state index contributed by atoms with van der Waals surface area (Å²) < 4.78 is 0. The van der Waals surface area contributed by atoms with Crippen LogP contribution >= 0.6 is 0 Å². The fourth-order valence-electron chi connectivity index (χ4n) is 5.05. The molecule has 18 heavy (non-hydrogen) atoms. The second-order valence-corrected chi connectivity index (χ2v) is 7.40. The molecule has 0 aromatic rings. The summed E-state index contributed by atoms with van der Waals surface area (Å²) in [6.45, 7) is 3.70. The molecule has 0 heterocycles. The summed E-state index contributed by atoms with van der Waals surface area (Å²) in [5.74, 6) is 2.71. The minimum absolute atomic E-state index is 0.504. The molecule has 0 atom stereocenters. The lowest BCUT2D eigenvalue weighted by Gasteiger charge is -2.58. The number of carboxylic acids is 1. The van der Waals surface area contributed by atoms with Gasteiger partial charge in [-0.1, -0.05) is 0 Å². The van der Waals surface area contributed by atoms with Gasteiger partial charge in [0, 0.05) is 6.04 Å². The van der Waals surface area contributed by atoms with Crippen molar-refractivity contribution in [2.75, 3.05) is 7.05 Å². The largest absolute Gasteiger partial charge is 0.480 e. The predicted molar refractivity (Wildman–Crippen MR) is 70.3 cm³/mol. The summed E-state index contributed by atoms with van der Waals surface area (Å²) in [5, 5.41) is 9.42. The van der Waals surface area contributed by atoms with Crippen molar-refractivity contribution in [2.24, 2.45) is 23.7 Å². The van der Waals surface area contributed by atoms with E-state index in [1.165, 1.54) is 32.1 Å². The van der Waals surface area contributed by atoms with Crippen LogP contribution in [0.4, 0.5) is 0 Å². The number of carbonyl (C=O) groups is 1. The highest BCUT2D eigenvalue weighted by molar-refractivity contribution is 5.77. The van der Waals surface area contributed by atoms with E-state index in [1.807, 2.05) is 20.9 Å². The molecule has 4 aliphatic carbocycles. The van der Waals surface area contributed by atoms with Gasteiger partial charge in [0.25, 0.3) is 0 Å². The monoisotopic (exact) mass is 251 g/mol. The molecular formula is C15H25NO2. The van der Waals surface area contributed by atoms with Crippen LogP contribution in [-0.2, 0) is 4.79 Å². The Bertz CT molecular complexity index is 336. The van der Waals surface area contributed by atoms with E-state index < -0.39 is 11.5 Å². The molecule has 0 spiro atoms. The lowest BCUT2D eigenvalue weighted by Crippen LogP contribution is -2.62. The van der Waals surface area contributed by atoms with E-state index in [0.29, 0.717) is 6.04 Å². The highest BCUT2D eigenvalue weighted by atomic mass is 16.4. The van der Waals surface area contributed by atoms with Crippen LogP contribution in [0.2, 0.25) is 0 Å². The van der Waals surface area contributed by atoms with Gasteiger partial charge in [-0.2, -0.15) is 0 Å². The molecule has 4 aliphatic rings. The minimum atomic E-state index is -0.736. The van der Waals surface area contributed by atoms with Gasteiger partial charge >= 0.3 is 5.97 Å². The van der Waals surface area contributed by atoms with Gasteiger partial charge in [-0.15, -0.1) is 0 Å². The predicted octanol–water partition coefficient (Wildman–Crippen LogP) is 2.61.